The summed E-state index contributed by atoms with van der Waals surface area (Å²) in [6, 6.07) is 5.90. The van der Waals surface area contributed by atoms with Crippen molar-refractivity contribution >= 4 is 17.2 Å². The van der Waals surface area contributed by atoms with Gasteiger partial charge in [0.15, 0.2) is 11.3 Å². The van der Waals surface area contributed by atoms with Gasteiger partial charge in [0.1, 0.15) is 5.75 Å². The molecule has 3 rings (SSSR count). The van der Waals surface area contributed by atoms with E-state index < -0.39 is 11.1 Å². The molecule has 2 heterocycles. The summed E-state index contributed by atoms with van der Waals surface area (Å²) in [4.78, 5) is 36.5. The monoisotopic (exact) mass is 368 g/mol. The number of carbonyl (C=O) groups excluding carboxylic acids is 1. The van der Waals surface area contributed by atoms with Gasteiger partial charge in [-0.1, -0.05) is 40.7 Å². The Morgan fingerprint density at radius 3 is 2.56 bits per heavy atom. The van der Waals surface area contributed by atoms with Gasteiger partial charge < -0.3 is 4.74 Å². The van der Waals surface area contributed by atoms with Crippen LogP contribution in [0.4, 0.5) is 0 Å². The number of fused-ring (bicyclic) bond motifs is 1. The van der Waals surface area contributed by atoms with E-state index in [1.807, 2.05) is 18.2 Å². The number of methoxy groups -OCH3 is 1. The first-order valence-electron chi connectivity index (χ1n) is 8.84. The summed E-state index contributed by atoms with van der Waals surface area (Å²) in [5.74, 6) is 0.645. The number of ether oxygens (including phenoxy) is 1. The molecule has 3 aromatic rings. The largest absolute Gasteiger partial charge is 0.496 e. The molecule has 0 radical (unpaired) electrons. The summed E-state index contributed by atoms with van der Waals surface area (Å²) in [7, 11) is 1.59. The van der Waals surface area contributed by atoms with Crippen molar-refractivity contribution in [1.82, 2.24) is 19.5 Å². The predicted octanol–water partition coefficient (Wildman–Crippen LogP) is 3.60. The van der Waals surface area contributed by atoms with E-state index in [1.165, 1.54) is 0 Å². The number of aromatic amines is 1. The molecule has 0 aliphatic carbocycles. The predicted molar refractivity (Wildman–Crippen MR) is 104 cm³/mol. The van der Waals surface area contributed by atoms with E-state index >= 15 is 0 Å². The van der Waals surface area contributed by atoms with Crippen molar-refractivity contribution in [2.24, 2.45) is 5.41 Å². The quantitative estimate of drug-likeness (QED) is 0.763. The maximum absolute atomic E-state index is 12.7. The smallest absolute Gasteiger partial charge is 0.335 e. The van der Waals surface area contributed by atoms with Gasteiger partial charge in [0.2, 0.25) is 5.91 Å². The van der Waals surface area contributed by atoms with Crippen molar-refractivity contribution in [2.75, 3.05) is 7.11 Å². The number of carbonyl (C=O) groups is 1. The number of aromatic nitrogens is 4. The van der Waals surface area contributed by atoms with Gasteiger partial charge in [0.05, 0.1) is 19.0 Å². The number of benzene rings is 1. The minimum absolute atomic E-state index is 0.217. The molecule has 142 valence electrons. The van der Waals surface area contributed by atoms with Gasteiger partial charge >= 0.3 is 5.69 Å². The van der Waals surface area contributed by atoms with Crippen molar-refractivity contribution in [1.29, 1.82) is 0 Å². The van der Waals surface area contributed by atoms with Crippen LogP contribution in [0.2, 0.25) is 0 Å². The standard InChI is InChI=1S/C20H24N4O3/c1-11(2)12-7-8-15(27-6)13(9-12)14-10-21-16-17(22-14)24(19(26)23-16)18(25)20(3,4)5/h7-11H,1-6H3,(H,21,23,26). The zero-order chi connectivity index (χ0) is 19.9. The molecular formula is C20H24N4O3. The second-order valence-corrected chi connectivity index (χ2v) is 7.86. The molecule has 0 saturated carbocycles. The fourth-order valence-corrected chi connectivity index (χ4v) is 2.82. The van der Waals surface area contributed by atoms with Crippen molar-refractivity contribution < 1.29 is 9.53 Å². The minimum atomic E-state index is -0.730. The number of hydrogen-bond acceptors (Lipinski definition) is 5. The average molecular weight is 368 g/mol. The number of imidazole rings is 1. The van der Waals surface area contributed by atoms with Gasteiger partial charge in [0, 0.05) is 11.0 Å². The summed E-state index contributed by atoms with van der Waals surface area (Å²) in [6.07, 6.45) is 1.58. The van der Waals surface area contributed by atoms with Crippen LogP contribution in [0.3, 0.4) is 0 Å². The Kier molecular flexibility index (Phi) is 4.63. The van der Waals surface area contributed by atoms with Crippen LogP contribution in [0.25, 0.3) is 22.6 Å². The molecule has 0 aliphatic rings. The molecule has 0 spiro atoms. The Morgan fingerprint density at radius 1 is 1.26 bits per heavy atom. The highest BCUT2D eigenvalue weighted by atomic mass is 16.5. The van der Waals surface area contributed by atoms with Gasteiger partial charge in [-0.15, -0.1) is 0 Å². The molecule has 2 aromatic heterocycles. The normalized spacial score (nSPS) is 12.0. The summed E-state index contributed by atoms with van der Waals surface area (Å²) >= 11 is 0. The Balaban J connectivity index is 2.25. The molecule has 0 amide bonds. The van der Waals surface area contributed by atoms with Gasteiger partial charge in [-0.05, 0) is 23.6 Å². The maximum Gasteiger partial charge on any atom is 0.335 e. The van der Waals surface area contributed by atoms with Gasteiger partial charge in [0.25, 0.3) is 0 Å². The summed E-state index contributed by atoms with van der Waals surface area (Å²) in [6.45, 7) is 9.48. The fourth-order valence-electron chi connectivity index (χ4n) is 2.82. The highest BCUT2D eigenvalue weighted by molar-refractivity contribution is 5.91. The molecule has 0 saturated heterocycles. The average Bonchev–Trinajstić information content (AvgIpc) is 2.94. The second kappa shape index (κ2) is 6.64. The highest BCUT2D eigenvalue weighted by Crippen LogP contribution is 2.32. The van der Waals surface area contributed by atoms with Crippen molar-refractivity contribution in [3.8, 4) is 17.0 Å². The fraction of sp³-hybridized carbons (Fsp3) is 0.400. The Hall–Kier alpha value is -2.96. The third-order valence-electron chi connectivity index (χ3n) is 4.41. The Labute approximate surface area is 157 Å². The lowest BCUT2D eigenvalue weighted by Gasteiger charge is -2.16. The molecule has 0 atom stereocenters. The SMILES string of the molecule is COc1ccc(C(C)C)cc1-c1cnc2[nH]c(=O)n(C(=O)C(C)(C)C)c2n1. The molecular weight excluding hydrogens is 344 g/mol. The third kappa shape index (κ3) is 3.37. The van der Waals surface area contributed by atoms with Gasteiger partial charge in [-0.3, -0.25) is 9.78 Å². The van der Waals surface area contributed by atoms with Crippen molar-refractivity contribution in [3.05, 3.63) is 40.4 Å². The van der Waals surface area contributed by atoms with Gasteiger partial charge in [-0.25, -0.2) is 19.3 Å². The van der Waals surface area contributed by atoms with Gasteiger partial charge in [-0.2, -0.15) is 0 Å². The maximum atomic E-state index is 12.7. The van der Waals surface area contributed by atoms with Crippen molar-refractivity contribution in [3.63, 3.8) is 0 Å². The van der Waals surface area contributed by atoms with E-state index in [9.17, 15) is 9.59 Å². The zero-order valence-electron chi connectivity index (χ0n) is 16.5. The van der Waals surface area contributed by atoms with E-state index in [2.05, 4.69) is 28.8 Å². The second-order valence-electron chi connectivity index (χ2n) is 7.86. The number of nitrogens with one attached hydrogen (secondary N) is 1. The molecule has 0 bridgehead atoms. The summed E-state index contributed by atoms with van der Waals surface area (Å²) in [5.41, 5.74) is 1.66. The molecule has 0 fully saturated rings. The van der Waals surface area contributed by atoms with E-state index in [0.29, 0.717) is 17.4 Å². The highest BCUT2D eigenvalue weighted by Gasteiger charge is 2.28. The van der Waals surface area contributed by atoms with E-state index in [1.54, 1.807) is 34.1 Å². The van der Waals surface area contributed by atoms with Crippen molar-refractivity contribution in [2.45, 2.75) is 40.5 Å². The van der Waals surface area contributed by atoms with E-state index in [4.69, 9.17) is 4.74 Å². The minimum Gasteiger partial charge on any atom is -0.496 e. The summed E-state index contributed by atoms with van der Waals surface area (Å²) in [5, 5.41) is 0. The van der Waals surface area contributed by atoms with Crippen LogP contribution >= 0.6 is 0 Å². The molecule has 7 nitrogen and oxygen atoms in total. The lowest BCUT2D eigenvalue weighted by molar-refractivity contribution is 0.0767. The first-order valence-corrected chi connectivity index (χ1v) is 8.84. The van der Waals surface area contributed by atoms with E-state index in [0.717, 1.165) is 15.7 Å². The zero-order valence-corrected chi connectivity index (χ0v) is 16.5. The lowest BCUT2D eigenvalue weighted by Crippen LogP contribution is -2.33. The molecule has 0 unspecified atom stereocenters. The third-order valence-corrected chi connectivity index (χ3v) is 4.41. The number of hydrogen-bond donors (Lipinski definition) is 1. The van der Waals surface area contributed by atoms with Crippen LogP contribution in [0.15, 0.2) is 29.2 Å². The molecule has 0 aliphatic heterocycles. The van der Waals surface area contributed by atoms with Crippen LogP contribution < -0.4 is 10.4 Å². The molecule has 27 heavy (non-hydrogen) atoms. The first-order chi connectivity index (χ1) is 12.6. The van der Waals surface area contributed by atoms with Crippen LogP contribution in [0.1, 0.15) is 50.9 Å². The van der Waals surface area contributed by atoms with E-state index in [-0.39, 0.29) is 17.2 Å². The molecule has 7 heteroatoms. The Morgan fingerprint density at radius 2 is 1.96 bits per heavy atom. The number of H-pyrrole nitrogens is 1. The van der Waals surface area contributed by atoms with Crippen LogP contribution in [0, 0.1) is 5.41 Å². The van der Waals surface area contributed by atoms with Crippen LogP contribution in [-0.2, 0) is 0 Å². The first kappa shape index (κ1) is 18.8. The van der Waals surface area contributed by atoms with Crippen LogP contribution in [-0.4, -0.2) is 32.5 Å². The number of nitrogens with zero attached hydrogens (tertiary/aromatic N) is 3. The number of rotatable bonds is 3. The molecule has 1 aromatic carbocycles. The Bertz CT molecular complexity index is 1070. The topological polar surface area (TPSA) is 89.9 Å². The van der Waals surface area contributed by atoms with Crippen LogP contribution in [0.5, 0.6) is 5.75 Å². The lowest BCUT2D eigenvalue weighted by atomic mass is 9.95. The summed E-state index contributed by atoms with van der Waals surface area (Å²) < 4.78 is 6.53. The molecule has 1 N–H and O–H groups in total.